The average Bonchev–Trinajstić information content (AvgIpc) is 2.75. The van der Waals surface area contributed by atoms with E-state index in [-0.39, 0.29) is 11.7 Å². The zero-order chi connectivity index (χ0) is 20.7. The van der Waals surface area contributed by atoms with Crippen LogP contribution in [-0.2, 0) is 11.2 Å². The molecule has 0 bridgehead atoms. The number of hydrogen-bond acceptors (Lipinski definition) is 3. The van der Waals surface area contributed by atoms with Gasteiger partial charge in [0.25, 0.3) is 0 Å². The molecule has 4 nitrogen and oxygen atoms in total. The lowest BCUT2D eigenvalue weighted by Crippen LogP contribution is -2.52. The lowest BCUT2D eigenvalue weighted by Gasteiger charge is -2.44. The third-order valence-electron chi connectivity index (χ3n) is 6.30. The number of piperidine rings is 1. The van der Waals surface area contributed by atoms with E-state index < -0.39 is 5.60 Å². The molecule has 30 heavy (non-hydrogen) atoms. The number of nitrogens with zero attached hydrogens (tertiary/aromatic N) is 1. The highest BCUT2D eigenvalue weighted by atomic mass is 35.5. The van der Waals surface area contributed by atoms with Gasteiger partial charge in [-0.05, 0) is 34.5 Å². The molecule has 1 saturated heterocycles. The van der Waals surface area contributed by atoms with Crippen molar-refractivity contribution >= 4 is 34.1 Å². The zero-order valence-electron chi connectivity index (χ0n) is 16.6. The fraction of sp³-hybridized carbons (Fsp3) is 0.280. The second kappa shape index (κ2) is 7.44. The van der Waals surface area contributed by atoms with Crippen LogP contribution in [0.5, 0.6) is 5.75 Å². The molecular weight excluding hydrogens is 398 g/mol. The second-order valence-corrected chi connectivity index (χ2v) is 8.66. The van der Waals surface area contributed by atoms with E-state index >= 15 is 0 Å². The maximum atomic E-state index is 13.0. The lowest BCUT2D eigenvalue weighted by atomic mass is 9.82. The van der Waals surface area contributed by atoms with Crippen molar-refractivity contribution in [3.05, 3.63) is 76.8 Å². The van der Waals surface area contributed by atoms with Crippen LogP contribution in [0.2, 0.25) is 5.02 Å². The van der Waals surface area contributed by atoms with Gasteiger partial charge >= 0.3 is 0 Å². The minimum absolute atomic E-state index is 0.0641. The molecular formula is C25H22ClNO3. The van der Waals surface area contributed by atoms with Gasteiger partial charge in [-0.3, -0.25) is 9.59 Å². The maximum Gasteiger partial charge on any atom is 0.227 e. The highest BCUT2D eigenvalue weighted by molar-refractivity contribution is 6.31. The molecule has 0 saturated carbocycles. The zero-order valence-corrected chi connectivity index (χ0v) is 17.3. The van der Waals surface area contributed by atoms with Gasteiger partial charge in [0.15, 0.2) is 5.78 Å². The molecule has 2 aliphatic rings. The van der Waals surface area contributed by atoms with Crippen molar-refractivity contribution in [1.82, 2.24) is 4.90 Å². The van der Waals surface area contributed by atoms with Gasteiger partial charge in [-0.25, -0.2) is 0 Å². The van der Waals surface area contributed by atoms with E-state index in [2.05, 4.69) is 18.2 Å². The van der Waals surface area contributed by atoms with Crippen LogP contribution in [-0.4, -0.2) is 35.3 Å². The third kappa shape index (κ3) is 3.46. The number of likely N-dealkylation sites (tertiary alicyclic amines) is 1. The van der Waals surface area contributed by atoms with E-state index in [1.165, 1.54) is 0 Å². The van der Waals surface area contributed by atoms with E-state index in [0.29, 0.717) is 55.1 Å². The van der Waals surface area contributed by atoms with E-state index in [1.54, 1.807) is 18.2 Å². The highest BCUT2D eigenvalue weighted by Gasteiger charge is 2.43. The summed E-state index contributed by atoms with van der Waals surface area (Å²) in [5.74, 6) is 0.788. The number of rotatable bonds is 2. The molecule has 1 fully saturated rings. The van der Waals surface area contributed by atoms with E-state index in [4.69, 9.17) is 16.3 Å². The summed E-state index contributed by atoms with van der Waals surface area (Å²) in [6.45, 7) is 1.19. The van der Waals surface area contributed by atoms with Crippen molar-refractivity contribution in [3.8, 4) is 5.75 Å². The number of fused-ring (bicyclic) bond motifs is 2. The number of ether oxygens (including phenoxy) is 1. The molecule has 0 atom stereocenters. The molecule has 5 rings (SSSR count). The minimum Gasteiger partial charge on any atom is -0.486 e. The van der Waals surface area contributed by atoms with Gasteiger partial charge < -0.3 is 9.64 Å². The Morgan fingerprint density at radius 2 is 1.80 bits per heavy atom. The molecule has 5 heteroatoms. The van der Waals surface area contributed by atoms with Gasteiger partial charge in [0.1, 0.15) is 11.4 Å². The largest absolute Gasteiger partial charge is 0.486 e. The van der Waals surface area contributed by atoms with E-state index in [9.17, 15) is 9.59 Å². The molecule has 0 aliphatic carbocycles. The van der Waals surface area contributed by atoms with Crippen molar-refractivity contribution < 1.29 is 14.3 Å². The predicted molar refractivity (Wildman–Crippen MR) is 117 cm³/mol. The number of Topliss-reactive ketones (excluding diaryl/α,β-unsaturated/α-hetero) is 1. The molecule has 3 aromatic rings. The van der Waals surface area contributed by atoms with Gasteiger partial charge in [0.05, 0.1) is 18.4 Å². The van der Waals surface area contributed by atoms with Gasteiger partial charge in [-0.2, -0.15) is 0 Å². The van der Waals surface area contributed by atoms with Crippen LogP contribution in [0.15, 0.2) is 60.7 Å². The second-order valence-electron chi connectivity index (χ2n) is 8.22. The fourth-order valence-electron chi connectivity index (χ4n) is 4.63. The molecule has 2 aliphatic heterocycles. The van der Waals surface area contributed by atoms with Crippen LogP contribution in [0, 0.1) is 0 Å². The SMILES string of the molecule is O=C1CC2(CCN(C(=O)Cc3cccc4ccccc34)CC2)Oc2ccc(Cl)cc21. The molecule has 2 heterocycles. The van der Waals surface area contributed by atoms with Gasteiger partial charge in [0.2, 0.25) is 5.91 Å². The van der Waals surface area contributed by atoms with Crippen molar-refractivity contribution in [2.75, 3.05) is 13.1 Å². The number of halogens is 1. The van der Waals surface area contributed by atoms with E-state index in [1.807, 2.05) is 29.2 Å². The smallest absolute Gasteiger partial charge is 0.227 e. The lowest BCUT2D eigenvalue weighted by molar-refractivity contribution is -0.134. The fourth-order valence-corrected chi connectivity index (χ4v) is 4.80. The highest BCUT2D eigenvalue weighted by Crippen LogP contribution is 2.40. The summed E-state index contributed by atoms with van der Waals surface area (Å²) < 4.78 is 6.27. The maximum absolute atomic E-state index is 13.0. The summed E-state index contributed by atoms with van der Waals surface area (Å²) in [7, 11) is 0. The molecule has 3 aromatic carbocycles. The first-order chi connectivity index (χ1) is 14.5. The summed E-state index contributed by atoms with van der Waals surface area (Å²) in [4.78, 5) is 27.6. The number of carbonyl (C=O) groups is 2. The Bertz CT molecular complexity index is 1140. The summed E-state index contributed by atoms with van der Waals surface area (Å²) in [6.07, 6.45) is 2.03. The Morgan fingerprint density at radius 3 is 2.63 bits per heavy atom. The predicted octanol–water partition coefficient (Wildman–Crippen LogP) is 5.06. The van der Waals surface area contributed by atoms with Gasteiger partial charge in [0, 0.05) is 31.0 Å². The van der Waals surface area contributed by atoms with Crippen molar-refractivity contribution in [2.24, 2.45) is 0 Å². The monoisotopic (exact) mass is 419 g/mol. The molecule has 152 valence electrons. The number of carbonyl (C=O) groups excluding carboxylic acids is 2. The van der Waals surface area contributed by atoms with Crippen LogP contribution in [0.1, 0.15) is 35.2 Å². The van der Waals surface area contributed by atoms with Crippen LogP contribution >= 0.6 is 11.6 Å². The third-order valence-corrected chi connectivity index (χ3v) is 6.54. The summed E-state index contributed by atoms with van der Waals surface area (Å²) in [5.41, 5.74) is 1.09. The van der Waals surface area contributed by atoms with Crippen LogP contribution < -0.4 is 4.74 Å². The van der Waals surface area contributed by atoms with Crippen molar-refractivity contribution in [1.29, 1.82) is 0 Å². The first kappa shape index (κ1) is 19.1. The topological polar surface area (TPSA) is 46.6 Å². The Morgan fingerprint density at radius 1 is 1.03 bits per heavy atom. The van der Waals surface area contributed by atoms with E-state index in [0.717, 1.165) is 16.3 Å². The van der Waals surface area contributed by atoms with Gasteiger partial charge in [-0.1, -0.05) is 54.1 Å². The first-order valence-electron chi connectivity index (χ1n) is 10.3. The van der Waals surface area contributed by atoms with Crippen LogP contribution in [0.25, 0.3) is 10.8 Å². The molecule has 1 spiro atoms. The molecule has 0 aromatic heterocycles. The molecule has 0 unspecified atom stereocenters. The van der Waals surface area contributed by atoms with Gasteiger partial charge in [-0.15, -0.1) is 0 Å². The Labute approximate surface area is 180 Å². The number of benzene rings is 3. The Balaban J connectivity index is 1.28. The minimum atomic E-state index is -0.520. The summed E-state index contributed by atoms with van der Waals surface area (Å²) >= 11 is 6.02. The molecule has 0 N–H and O–H groups in total. The quantitative estimate of drug-likeness (QED) is 0.583. The normalized spacial score (nSPS) is 17.6. The summed E-state index contributed by atoms with van der Waals surface area (Å²) in [6, 6.07) is 19.4. The number of hydrogen-bond donors (Lipinski definition) is 0. The summed E-state index contributed by atoms with van der Waals surface area (Å²) in [5, 5.41) is 2.81. The average molecular weight is 420 g/mol. The number of amides is 1. The van der Waals surface area contributed by atoms with Crippen molar-refractivity contribution in [2.45, 2.75) is 31.3 Å². The number of ketones is 1. The van der Waals surface area contributed by atoms with Crippen LogP contribution in [0.4, 0.5) is 0 Å². The molecule has 1 amide bonds. The Hall–Kier alpha value is -2.85. The molecule has 0 radical (unpaired) electrons. The Kier molecular flexibility index (Phi) is 4.75. The van der Waals surface area contributed by atoms with Crippen LogP contribution in [0.3, 0.4) is 0 Å². The first-order valence-corrected chi connectivity index (χ1v) is 10.7. The van der Waals surface area contributed by atoms with Crippen molar-refractivity contribution in [3.63, 3.8) is 0 Å². The standard InChI is InChI=1S/C25H22ClNO3/c26-19-8-9-23-21(15-19)22(28)16-25(30-23)10-12-27(13-11-25)24(29)14-18-6-3-5-17-4-1-2-7-20(17)18/h1-9,15H,10-14,16H2.